The average Bonchev–Trinajstić information content (AvgIpc) is 2.51. The van der Waals surface area contributed by atoms with E-state index in [-0.39, 0.29) is 5.41 Å². The number of halogens is 1. The van der Waals surface area contributed by atoms with E-state index in [0.29, 0.717) is 6.42 Å². The van der Waals surface area contributed by atoms with Gasteiger partial charge in [-0.3, -0.25) is 4.68 Å². The zero-order valence-electron chi connectivity index (χ0n) is 8.34. The predicted octanol–water partition coefficient (Wildman–Crippen LogP) is 2.59. The first-order chi connectivity index (χ1) is 6.00. The largest absolute Gasteiger partial charge is 0.266 e. The first-order valence-corrected chi connectivity index (χ1v) is 4.70. The number of hydrogen-bond acceptors (Lipinski definition) is 1. The lowest BCUT2D eigenvalue weighted by Gasteiger charge is -2.18. The van der Waals surface area contributed by atoms with Crippen molar-refractivity contribution >= 4 is 0 Å². The highest BCUT2D eigenvalue weighted by atomic mass is 19.1. The maximum Gasteiger partial charge on any atom is 0.144 e. The lowest BCUT2D eigenvalue weighted by Crippen LogP contribution is -2.13. The molecule has 0 aromatic carbocycles. The topological polar surface area (TPSA) is 17.8 Å². The summed E-state index contributed by atoms with van der Waals surface area (Å²) in [5.41, 5.74) is 1.85. The molecule has 1 aromatic heterocycles. The Balaban J connectivity index is 2.50. The summed E-state index contributed by atoms with van der Waals surface area (Å²) < 4.78 is 15.3. The molecule has 1 unspecified atom stereocenters. The normalized spacial score (nSPS) is 22.0. The van der Waals surface area contributed by atoms with E-state index in [1.165, 1.54) is 0 Å². The monoisotopic (exact) mass is 182 g/mol. The van der Waals surface area contributed by atoms with Crippen LogP contribution < -0.4 is 0 Å². The van der Waals surface area contributed by atoms with Crippen LogP contribution in [-0.4, -0.2) is 9.78 Å². The van der Waals surface area contributed by atoms with Gasteiger partial charge >= 0.3 is 0 Å². The molecule has 1 aliphatic rings. The molecule has 1 aliphatic heterocycles. The molecule has 13 heavy (non-hydrogen) atoms. The van der Waals surface area contributed by atoms with Crippen LogP contribution >= 0.6 is 0 Å². The predicted molar refractivity (Wildman–Crippen MR) is 49.4 cm³/mol. The van der Waals surface area contributed by atoms with E-state index in [0.717, 1.165) is 17.8 Å². The summed E-state index contributed by atoms with van der Waals surface area (Å²) in [5.74, 6) is 0. The Morgan fingerprint density at radius 3 is 2.85 bits per heavy atom. The smallest absolute Gasteiger partial charge is 0.144 e. The van der Waals surface area contributed by atoms with Crippen LogP contribution in [0.25, 0.3) is 0 Å². The van der Waals surface area contributed by atoms with Crippen LogP contribution in [0.15, 0.2) is 6.20 Å². The van der Waals surface area contributed by atoms with Crippen molar-refractivity contribution < 1.29 is 4.39 Å². The van der Waals surface area contributed by atoms with Gasteiger partial charge < -0.3 is 0 Å². The van der Waals surface area contributed by atoms with Crippen LogP contribution in [0.5, 0.6) is 0 Å². The fourth-order valence-electron chi connectivity index (χ4n) is 1.85. The van der Waals surface area contributed by atoms with E-state index in [1.54, 1.807) is 10.9 Å². The molecule has 0 fully saturated rings. The molecule has 0 N–H and O–H groups in total. The molecule has 0 radical (unpaired) electrons. The van der Waals surface area contributed by atoms with E-state index >= 15 is 0 Å². The Hall–Kier alpha value is -0.860. The number of hydrogen-bond donors (Lipinski definition) is 0. The highest BCUT2D eigenvalue weighted by Gasteiger charge is 2.31. The fraction of sp³-hybridized carbons (Fsp3) is 0.700. The van der Waals surface area contributed by atoms with Crippen molar-refractivity contribution in [1.82, 2.24) is 9.78 Å². The first-order valence-electron chi connectivity index (χ1n) is 4.70. The van der Waals surface area contributed by atoms with Crippen molar-refractivity contribution in [2.45, 2.75) is 45.3 Å². The molecule has 0 amide bonds. The Morgan fingerprint density at radius 2 is 2.23 bits per heavy atom. The number of alkyl halides is 1. The van der Waals surface area contributed by atoms with E-state index < -0.39 is 6.17 Å². The van der Waals surface area contributed by atoms with Gasteiger partial charge in [0.1, 0.15) is 6.17 Å². The maximum atomic E-state index is 13.5. The minimum absolute atomic E-state index is 0.00225. The maximum absolute atomic E-state index is 13.5. The third-order valence-electron chi connectivity index (χ3n) is 2.58. The van der Waals surface area contributed by atoms with Crippen molar-refractivity contribution in [3.8, 4) is 0 Å². The summed E-state index contributed by atoms with van der Waals surface area (Å²) in [4.78, 5) is 0. The van der Waals surface area contributed by atoms with Gasteiger partial charge in [-0.05, 0) is 5.41 Å². The zero-order valence-corrected chi connectivity index (χ0v) is 8.34. The van der Waals surface area contributed by atoms with Crippen molar-refractivity contribution in [2.75, 3.05) is 0 Å². The SMILES string of the molecule is CC(C)(C)c1cnn2c1C(F)CC2. The molecule has 0 spiro atoms. The van der Waals surface area contributed by atoms with Crippen LogP contribution in [0.3, 0.4) is 0 Å². The lowest BCUT2D eigenvalue weighted by molar-refractivity contribution is 0.338. The zero-order chi connectivity index (χ0) is 9.64. The Morgan fingerprint density at radius 1 is 1.54 bits per heavy atom. The molecule has 1 aromatic rings. The van der Waals surface area contributed by atoms with E-state index in [4.69, 9.17) is 0 Å². The summed E-state index contributed by atoms with van der Waals surface area (Å²) in [6.07, 6.45) is 1.59. The molecule has 0 aliphatic carbocycles. The fourth-order valence-corrected chi connectivity index (χ4v) is 1.85. The van der Waals surface area contributed by atoms with Crippen LogP contribution in [-0.2, 0) is 12.0 Å². The van der Waals surface area contributed by atoms with Gasteiger partial charge in [0.25, 0.3) is 0 Å². The second kappa shape index (κ2) is 2.56. The van der Waals surface area contributed by atoms with Gasteiger partial charge in [0.15, 0.2) is 0 Å². The van der Waals surface area contributed by atoms with Crippen LogP contribution in [0.2, 0.25) is 0 Å². The summed E-state index contributed by atoms with van der Waals surface area (Å²) in [5, 5.41) is 4.19. The van der Waals surface area contributed by atoms with Crippen molar-refractivity contribution in [2.24, 2.45) is 0 Å². The third-order valence-corrected chi connectivity index (χ3v) is 2.58. The molecule has 0 saturated heterocycles. The highest BCUT2D eigenvalue weighted by Crippen LogP contribution is 2.36. The third kappa shape index (κ3) is 1.26. The second-order valence-electron chi connectivity index (χ2n) is 4.67. The van der Waals surface area contributed by atoms with E-state index in [2.05, 4.69) is 25.9 Å². The molecular formula is C10H15FN2. The van der Waals surface area contributed by atoms with E-state index in [1.807, 2.05) is 0 Å². The highest BCUT2D eigenvalue weighted by molar-refractivity contribution is 5.29. The van der Waals surface area contributed by atoms with Crippen LogP contribution in [0.1, 0.15) is 44.6 Å². The standard InChI is InChI=1S/C10H15FN2/c1-10(2,3)7-6-12-13-5-4-8(11)9(7)13/h6,8H,4-5H2,1-3H3. The van der Waals surface area contributed by atoms with Gasteiger partial charge in [0.2, 0.25) is 0 Å². The molecule has 3 heteroatoms. The van der Waals surface area contributed by atoms with Crippen molar-refractivity contribution in [3.63, 3.8) is 0 Å². The quantitative estimate of drug-likeness (QED) is 0.603. The number of fused-ring (bicyclic) bond motifs is 1. The molecule has 0 bridgehead atoms. The average molecular weight is 182 g/mol. The number of aromatic nitrogens is 2. The number of aryl methyl sites for hydroxylation is 1. The second-order valence-corrected chi connectivity index (χ2v) is 4.67. The summed E-state index contributed by atoms with van der Waals surface area (Å²) in [6.45, 7) is 7.01. The van der Waals surface area contributed by atoms with Gasteiger partial charge in [-0.25, -0.2) is 4.39 Å². The first kappa shape index (κ1) is 8.73. The molecule has 0 saturated carbocycles. The van der Waals surface area contributed by atoms with E-state index in [9.17, 15) is 4.39 Å². The minimum Gasteiger partial charge on any atom is -0.266 e. The van der Waals surface area contributed by atoms with Crippen molar-refractivity contribution in [1.29, 1.82) is 0 Å². The summed E-state index contributed by atoms with van der Waals surface area (Å²) >= 11 is 0. The minimum atomic E-state index is -0.809. The molecule has 2 heterocycles. The van der Waals surface area contributed by atoms with Gasteiger partial charge in [-0.1, -0.05) is 20.8 Å². The molecule has 2 rings (SSSR count). The van der Waals surface area contributed by atoms with Gasteiger partial charge in [-0.15, -0.1) is 0 Å². The molecule has 1 atom stereocenters. The summed E-state index contributed by atoms with van der Waals surface area (Å²) in [6, 6.07) is 0. The van der Waals surface area contributed by atoms with Crippen molar-refractivity contribution in [3.05, 3.63) is 17.5 Å². The van der Waals surface area contributed by atoms with Crippen LogP contribution in [0, 0.1) is 0 Å². The van der Waals surface area contributed by atoms with Gasteiger partial charge in [0.05, 0.1) is 11.9 Å². The molecule has 2 nitrogen and oxygen atoms in total. The number of rotatable bonds is 0. The van der Waals surface area contributed by atoms with Crippen LogP contribution in [0.4, 0.5) is 4.39 Å². The van der Waals surface area contributed by atoms with Gasteiger partial charge in [0, 0.05) is 18.5 Å². The summed E-state index contributed by atoms with van der Waals surface area (Å²) in [7, 11) is 0. The lowest BCUT2D eigenvalue weighted by atomic mass is 9.86. The molecule has 72 valence electrons. The Kier molecular flexibility index (Phi) is 1.72. The van der Waals surface area contributed by atoms with Gasteiger partial charge in [-0.2, -0.15) is 5.10 Å². The molecular weight excluding hydrogens is 167 g/mol. The Labute approximate surface area is 77.8 Å². The number of nitrogens with zero attached hydrogens (tertiary/aromatic N) is 2. The Bertz CT molecular complexity index is 322.